The molecule has 1 aromatic carbocycles. The molecule has 2 aromatic rings. The highest BCUT2D eigenvalue weighted by Gasteiger charge is 2.33. The summed E-state index contributed by atoms with van der Waals surface area (Å²) in [6, 6.07) is 4.85. The van der Waals surface area contributed by atoms with Crippen molar-refractivity contribution in [2.45, 2.75) is 6.42 Å². The minimum absolute atomic E-state index is 0.0231. The van der Waals surface area contributed by atoms with Crippen molar-refractivity contribution in [3.05, 3.63) is 28.6 Å². The van der Waals surface area contributed by atoms with Crippen LogP contribution in [-0.2, 0) is 15.0 Å². The summed E-state index contributed by atoms with van der Waals surface area (Å²) < 4.78 is 34.1. The Morgan fingerprint density at radius 2 is 2.05 bits per heavy atom. The number of nitrogens with one attached hydrogen (secondary N) is 2. The third-order valence-corrected chi connectivity index (χ3v) is 4.38. The van der Waals surface area contributed by atoms with Gasteiger partial charge in [0.1, 0.15) is 0 Å². The zero-order valence-electron chi connectivity index (χ0n) is 10.8. The first-order chi connectivity index (χ1) is 9.83. The summed E-state index contributed by atoms with van der Waals surface area (Å²) in [4.78, 5) is 24.9. The fourth-order valence-electron chi connectivity index (χ4n) is 2.61. The fourth-order valence-corrected chi connectivity index (χ4v) is 3.40. The predicted octanol–water partition coefficient (Wildman–Crippen LogP) is 0.508. The highest BCUT2D eigenvalue weighted by atomic mass is 32.3. The Morgan fingerprint density at radius 3 is 2.76 bits per heavy atom. The quantitative estimate of drug-likeness (QED) is 0.806. The first-order valence-electron chi connectivity index (χ1n) is 6.26. The number of carbonyl (C=O) groups is 1. The minimum atomic E-state index is -4.61. The van der Waals surface area contributed by atoms with E-state index in [2.05, 4.69) is 10.2 Å². The molecule has 1 fully saturated rings. The average Bonchev–Trinajstić information content (AvgIpc) is 2.91. The van der Waals surface area contributed by atoms with Crippen LogP contribution < -0.4 is 10.5 Å². The van der Waals surface area contributed by atoms with E-state index in [9.17, 15) is 21.9 Å². The Kier molecular flexibility index (Phi) is 3.08. The molecule has 0 aliphatic carbocycles. The lowest BCUT2D eigenvalue weighted by molar-refractivity contribution is -0.117. The molecule has 21 heavy (non-hydrogen) atoms. The standard InChI is InChI=1S/C12H12FN3O4S/c13-21(19,20)6-7-3-11(17)16(5-7)8-1-2-10-9(4-8)12(18)15-14-10/h1-2,4,7H,3,5-6H2,(H2,14,15,18). The molecule has 0 spiro atoms. The summed E-state index contributed by atoms with van der Waals surface area (Å²) >= 11 is 0. The molecule has 0 radical (unpaired) electrons. The van der Waals surface area contributed by atoms with E-state index in [4.69, 9.17) is 0 Å². The summed E-state index contributed by atoms with van der Waals surface area (Å²) in [6.07, 6.45) is -0.0231. The zero-order valence-corrected chi connectivity index (χ0v) is 11.6. The summed E-state index contributed by atoms with van der Waals surface area (Å²) in [5, 5.41) is 5.52. The van der Waals surface area contributed by atoms with E-state index in [1.165, 1.54) is 4.90 Å². The third-order valence-electron chi connectivity index (χ3n) is 3.51. The number of H-pyrrole nitrogens is 2. The Hall–Kier alpha value is -2.16. The topological polar surface area (TPSA) is 103 Å². The maximum absolute atomic E-state index is 12.7. The molecule has 0 bridgehead atoms. The maximum Gasteiger partial charge on any atom is 0.302 e. The Balaban J connectivity index is 1.90. The van der Waals surface area contributed by atoms with Crippen LogP contribution in [0.3, 0.4) is 0 Å². The van der Waals surface area contributed by atoms with Crippen molar-refractivity contribution in [2.75, 3.05) is 17.2 Å². The van der Waals surface area contributed by atoms with Gasteiger partial charge < -0.3 is 4.90 Å². The molecule has 1 aromatic heterocycles. The van der Waals surface area contributed by atoms with Crippen LogP contribution in [0.2, 0.25) is 0 Å². The van der Waals surface area contributed by atoms with E-state index in [0.29, 0.717) is 16.6 Å². The second-order valence-electron chi connectivity index (χ2n) is 5.09. The SMILES string of the molecule is O=C1CC(CS(=O)(=O)F)CN1c1ccc2[nH][nH]c(=O)c2c1. The van der Waals surface area contributed by atoms with Crippen LogP contribution in [0.25, 0.3) is 10.9 Å². The molecule has 0 saturated carbocycles. The van der Waals surface area contributed by atoms with Crippen LogP contribution >= 0.6 is 0 Å². The molecule has 1 amide bonds. The van der Waals surface area contributed by atoms with Crippen LogP contribution in [0, 0.1) is 5.92 Å². The third kappa shape index (κ3) is 2.68. The zero-order chi connectivity index (χ0) is 15.2. The molecular weight excluding hydrogens is 301 g/mol. The fraction of sp³-hybridized carbons (Fsp3) is 0.333. The minimum Gasteiger partial charge on any atom is -0.312 e. The highest BCUT2D eigenvalue weighted by molar-refractivity contribution is 7.86. The average molecular weight is 313 g/mol. The van der Waals surface area contributed by atoms with E-state index in [0.717, 1.165) is 0 Å². The number of hydrogen-bond acceptors (Lipinski definition) is 4. The second-order valence-corrected chi connectivity index (χ2v) is 6.50. The molecule has 3 rings (SSSR count). The van der Waals surface area contributed by atoms with Crippen LogP contribution in [0.4, 0.5) is 9.57 Å². The number of halogens is 1. The summed E-state index contributed by atoms with van der Waals surface area (Å²) in [5.74, 6) is -1.52. The monoisotopic (exact) mass is 313 g/mol. The van der Waals surface area contributed by atoms with Gasteiger partial charge in [-0.15, -0.1) is 3.89 Å². The van der Waals surface area contributed by atoms with Gasteiger partial charge in [0.2, 0.25) is 5.91 Å². The first-order valence-corrected chi connectivity index (χ1v) is 7.82. The number of amides is 1. The van der Waals surface area contributed by atoms with Gasteiger partial charge in [-0.3, -0.25) is 19.8 Å². The molecule has 112 valence electrons. The van der Waals surface area contributed by atoms with E-state index >= 15 is 0 Å². The number of aromatic nitrogens is 2. The highest BCUT2D eigenvalue weighted by Crippen LogP contribution is 2.27. The molecule has 2 heterocycles. The maximum atomic E-state index is 12.7. The number of nitrogens with zero attached hydrogens (tertiary/aromatic N) is 1. The summed E-state index contributed by atoms with van der Waals surface area (Å²) in [6.45, 7) is 0.121. The molecule has 1 atom stereocenters. The van der Waals surface area contributed by atoms with Gasteiger partial charge in [0, 0.05) is 24.6 Å². The smallest absolute Gasteiger partial charge is 0.302 e. The Morgan fingerprint density at radius 1 is 1.29 bits per heavy atom. The van der Waals surface area contributed by atoms with Crippen molar-refractivity contribution in [1.82, 2.24) is 10.2 Å². The van der Waals surface area contributed by atoms with E-state index in [1.54, 1.807) is 18.2 Å². The number of benzene rings is 1. The molecule has 7 nitrogen and oxygen atoms in total. The van der Waals surface area contributed by atoms with Gasteiger partial charge in [-0.05, 0) is 18.2 Å². The number of fused-ring (bicyclic) bond motifs is 1. The molecule has 1 unspecified atom stereocenters. The van der Waals surface area contributed by atoms with Crippen LogP contribution in [0.15, 0.2) is 23.0 Å². The van der Waals surface area contributed by atoms with Crippen molar-refractivity contribution in [3.8, 4) is 0 Å². The van der Waals surface area contributed by atoms with Gasteiger partial charge in [-0.1, -0.05) is 0 Å². The second kappa shape index (κ2) is 4.69. The van der Waals surface area contributed by atoms with Gasteiger partial charge in [-0.2, -0.15) is 8.42 Å². The molecule has 1 aliphatic rings. The number of hydrogen-bond donors (Lipinski definition) is 2. The number of anilines is 1. The lowest BCUT2D eigenvalue weighted by Gasteiger charge is -2.16. The van der Waals surface area contributed by atoms with Crippen LogP contribution in [0.5, 0.6) is 0 Å². The lowest BCUT2D eigenvalue weighted by atomic mass is 10.1. The largest absolute Gasteiger partial charge is 0.312 e. The number of aromatic amines is 2. The molecule has 1 saturated heterocycles. The molecule has 2 N–H and O–H groups in total. The van der Waals surface area contributed by atoms with Crippen molar-refractivity contribution in [2.24, 2.45) is 5.92 Å². The van der Waals surface area contributed by atoms with Crippen molar-refractivity contribution < 1.29 is 17.1 Å². The summed E-state index contributed by atoms with van der Waals surface area (Å²) in [5.41, 5.74) is 0.802. The van der Waals surface area contributed by atoms with E-state index in [1.807, 2.05) is 0 Å². The first kappa shape index (κ1) is 13.8. The van der Waals surface area contributed by atoms with Crippen molar-refractivity contribution in [1.29, 1.82) is 0 Å². The normalized spacial score (nSPS) is 19.6. The Labute approximate surface area is 118 Å². The number of carbonyl (C=O) groups excluding carboxylic acids is 1. The van der Waals surface area contributed by atoms with E-state index < -0.39 is 21.9 Å². The van der Waals surface area contributed by atoms with Gasteiger partial charge in [0.15, 0.2) is 0 Å². The predicted molar refractivity (Wildman–Crippen MR) is 74.3 cm³/mol. The van der Waals surface area contributed by atoms with Gasteiger partial charge in [0.05, 0.1) is 16.7 Å². The van der Waals surface area contributed by atoms with Crippen LogP contribution in [0.1, 0.15) is 6.42 Å². The van der Waals surface area contributed by atoms with Crippen LogP contribution in [-0.4, -0.2) is 36.8 Å². The number of rotatable bonds is 3. The van der Waals surface area contributed by atoms with Crippen molar-refractivity contribution in [3.63, 3.8) is 0 Å². The summed E-state index contributed by atoms with van der Waals surface area (Å²) in [7, 11) is -4.61. The van der Waals surface area contributed by atoms with Gasteiger partial charge in [-0.25, -0.2) is 0 Å². The lowest BCUT2D eigenvalue weighted by Crippen LogP contribution is -2.25. The Bertz CT molecular complexity index is 870. The van der Waals surface area contributed by atoms with Gasteiger partial charge in [0.25, 0.3) is 5.56 Å². The van der Waals surface area contributed by atoms with Crippen molar-refractivity contribution >= 4 is 32.7 Å². The van der Waals surface area contributed by atoms with E-state index in [-0.39, 0.29) is 24.4 Å². The molecule has 1 aliphatic heterocycles. The molecular formula is C12H12FN3O4S. The molecule has 9 heteroatoms. The van der Waals surface area contributed by atoms with Gasteiger partial charge >= 0.3 is 10.2 Å².